The van der Waals surface area contributed by atoms with Crippen molar-refractivity contribution in [3.63, 3.8) is 0 Å². The lowest BCUT2D eigenvalue weighted by molar-refractivity contribution is -0.133. The monoisotopic (exact) mass is 324 g/mol. The van der Waals surface area contributed by atoms with Crippen molar-refractivity contribution >= 4 is 29.3 Å². The van der Waals surface area contributed by atoms with E-state index in [-0.39, 0.29) is 11.2 Å². The Morgan fingerprint density at radius 3 is 2.71 bits per heavy atom. The Kier molecular flexibility index (Phi) is 4.64. The quantitative estimate of drug-likeness (QED) is 0.864. The molecule has 21 heavy (non-hydrogen) atoms. The van der Waals surface area contributed by atoms with E-state index in [0.29, 0.717) is 10.2 Å². The van der Waals surface area contributed by atoms with Crippen molar-refractivity contribution in [1.29, 1.82) is 0 Å². The van der Waals surface area contributed by atoms with Gasteiger partial charge in [0.1, 0.15) is 0 Å². The molecule has 0 unspecified atom stereocenters. The maximum atomic E-state index is 10.8. The zero-order valence-electron chi connectivity index (χ0n) is 12.1. The number of carboxylic acid groups (broad SMARTS) is 1. The van der Waals surface area contributed by atoms with E-state index in [1.165, 1.54) is 11.8 Å². The molecule has 2 rings (SSSR count). The summed E-state index contributed by atoms with van der Waals surface area (Å²) in [4.78, 5) is 15.2. The van der Waals surface area contributed by atoms with Crippen molar-refractivity contribution in [2.75, 3.05) is 5.75 Å². The van der Waals surface area contributed by atoms with Crippen LogP contribution < -0.4 is 0 Å². The SMILES string of the molecule is CC(C)(C)c1cnc(SCC(=O)O)n1-c1cccc(Cl)c1. The van der Waals surface area contributed by atoms with E-state index in [1.807, 2.05) is 28.8 Å². The predicted molar refractivity (Wildman–Crippen MR) is 85.6 cm³/mol. The van der Waals surface area contributed by atoms with Crippen LogP contribution in [0.25, 0.3) is 5.69 Å². The summed E-state index contributed by atoms with van der Waals surface area (Å²) in [6.07, 6.45) is 1.80. The highest BCUT2D eigenvalue weighted by Crippen LogP contribution is 2.31. The first-order chi connectivity index (χ1) is 9.79. The zero-order chi connectivity index (χ0) is 15.6. The summed E-state index contributed by atoms with van der Waals surface area (Å²) in [5, 5.41) is 10.2. The molecule has 0 atom stereocenters. The molecule has 6 heteroatoms. The van der Waals surface area contributed by atoms with Gasteiger partial charge in [0.25, 0.3) is 0 Å². The Bertz CT molecular complexity index is 662. The minimum atomic E-state index is -0.863. The van der Waals surface area contributed by atoms with Crippen LogP contribution in [-0.4, -0.2) is 26.4 Å². The standard InChI is InChI=1S/C15H17ClN2O2S/c1-15(2,3)12-8-17-14(21-9-13(19)20)18(12)11-6-4-5-10(16)7-11/h4-8H,9H2,1-3H3,(H,19,20). The van der Waals surface area contributed by atoms with E-state index >= 15 is 0 Å². The van der Waals surface area contributed by atoms with Gasteiger partial charge >= 0.3 is 5.97 Å². The third-order valence-electron chi connectivity index (χ3n) is 2.89. The van der Waals surface area contributed by atoms with Crippen molar-refractivity contribution < 1.29 is 9.90 Å². The van der Waals surface area contributed by atoms with E-state index in [0.717, 1.165) is 11.4 Å². The van der Waals surface area contributed by atoms with Crippen LogP contribution in [0.4, 0.5) is 0 Å². The molecule has 0 bridgehead atoms. The molecule has 0 saturated carbocycles. The molecule has 0 radical (unpaired) electrons. The van der Waals surface area contributed by atoms with Gasteiger partial charge < -0.3 is 5.11 Å². The number of nitrogens with zero attached hydrogens (tertiary/aromatic N) is 2. The van der Waals surface area contributed by atoms with Crippen LogP contribution in [0, 0.1) is 0 Å². The molecule has 1 heterocycles. The lowest BCUT2D eigenvalue weighted by atomic mass is 9.92. The van der Waals surface area contributed by atoms with Gasteiger partial charge in [-0.25, -0.2) is 4.98 Å². The van der Waals surface area contributed by atoms with Gasteiger partial charge in [0, 0.05) is 21.8 Å². The van der Waals surface area contributed by atoms with Crippen LogP contribution in [0.1, 0.15) is 26.5 Å². The fourth-order valence-electron chi connectivity index (χ4n) is 1.96. The van der Waals surface area contributed by atoms with Gasteiger partial charge in [0.05, 0.1) is 11.9 Å². The van der Waals surface area contributed by atoms with Gasteiger partial charge in [0.2, 0.25) is 0 Å². The first kappa shape index (κ1) is 15.9. The van der Waals surface area contributed by atoms with Crippen LogP contribution >= 0.6 is 23.4 Å². The summed E-state index contributed by atoms with van der Waals surface area (Å²) in [6.45, 7) is 6.28. The van der Waals surface area contributed by atoms with Crippen LogP contribution in [0.2, 0.25) is 5.02 Å². The Labute approximate surface area is 133 Å². The number of imidazole rings is 1. The summed E-state index contributed by atoms with van der Waals surface area (Å²) >= 11 is 7.28. The molecule has 1 N–H and O–H groups in total. The molecular formula is C15H17ClN2O2S. The number of halogens is 1. The average Bonchev–Trinajstić information content (AvgIpc) is 2.80. The maximum Gasteiger partial charge on any atom is 0.313 e. The van der Waals surface area contributed by atoms with E-state index < -0.39 is 5.97 Å². The average molecular weight is 325 g/mol. The van der Waals surface area contributed by atoms with Gasteiger partial charge in [-0.2, -0.15) is 0 Å². The Morgan fingerprint density at radius 1 is 1.43 bits per heavy atom. The molecule has 0 aliphatic heterocycles. The van der Waals surface area contributed by atoms with Crippen molar-refractivity contribution in [2.45, 2.75) is 31.3 Å². The second-order valence-corrected chi connectivity index (χ2v) is 7.05. The highest BCUT2D eigenvalue weighted by Gasteiger charge is 2.23. The van der Waals surface area contributed by atoms with E-state index in [9.17, 15) is 4.79 Å². The lowest BCUT2D eigenvalue weighted by Gasteiger charge is -2.22. The third kappa shape index (κ3) is 3.80. The Hall–Kier alpha value is -1.46. The highest BCUT2D eigenvalue weighted by molar-refractivity contribution is 7.99. The molecule has 1 aromatic heterocycles. The number of hydrogen-bond donors (Lipinski definition) is 1. The number of aliphatic carboxylic acids is 1. The normalized spacial score (nSPS) is 11.6. The second kappa shape index (κ2) is 6.12. The van der Waals surface area contributed by atoms with Crippen LogP contribution in [0.5, 0.6) is 0 Å². The molecule has 2 aromatic rings. The predicted octanol–water partition coefficient (Wildman–Crippen LogP) is 4.00. The van der Waals surface area contributed by atoms with Crippen LogP contribution in [-0.2, 0) is 10.2 Å². The highest BCUT2D eigenvalue weighted by atomic mass is 35.5. The molecule has 0 amide bonds. The van der Waals surface area contributed by atoms with Gasteiger partial charge in [-0.1, -0.05) is 50.2 Å². The smallest absolute Gasteiger partial charge is 0.313 e. The largest absolute Gasteiger partial charge is 0.481 e. The summed E-state index contributed by atoms with van der Waals surface area (Å²) in [7, 11) is 0. The van der Waals surface area contributed by atoms with Crippen molar-refractivity contribution in [3.05, 3.63) is 41.2 Å². The number of carbonyl (C=O) groups is 1. The fourth-order valence-corrected chi connectivity index (χ4v) is 2.85. The molecule has 1 aromatic carbocycles. The Morgan fingerprint density at radius 2 is 2.14 bits per heavy atom. The minimum absolute atomic E-state index is 0.0266. The summed E-state index contributed by atoms with van der Waals surface area (Å²) in [5.41, 5.74) is 1.78. The number of rotatable bonds is 4. The molecule has 0 spiro atoms. The maximum absolute atomic E-state index is 10.8. The Balaban J connectivity index is 2.53. The summed E-state index contributed by atoms with van der Waals surface area (Å²) < 4.78 is 1.97. The van der Waals surface area contributed by atoms with E-state index in [1.54, 1.807) is 6.20 Å². The molecule has 0 aliphatic carbocycles. The number of aromatic nitrogens is 2. The summed E-state index contributed by atoms with van der Waals surface area (Å²) in [5.74, 6) is -0.890. The fraction of sp³-hybridized carbons (Fsp3) is 0.333. The van der Waals surface area contributed by atoms with Gasteiger partial charge in [-0.05, 0) is 18.2 Å². The van der Waals surface area contributed by atoms with Crippen molar-refractivity contribution in [1.82, 2.24) is 9.55 Å². The number of thioether (sulfide) groups is 1. The number of hydrogen-bond acceptors (Lipinski definition) is 3. The van der Waals surface area contributed by atoms with Gasteiger partial charge in [-0.15, -0.1) is 0 Å². The van der Waals surface area contributed by atoms with Crippen LogP contribution in [0.15, 0.2) is 35.6 Å². The minimum Gasteiger partial charge on any atom is -0.481 e. The topological polar surface area (TPSA) is 55.1 Å². The molecule has 0 saturated heterocycles. The molecule has 4 nitrogen and oxygen atoms in total. The van der Waals surface area contributed by atoms with Gasteiger partial charge in [-0.3, -0.25) is 9.36 Å². The lowest BCUT2D eigenvalue weighted by Crippen LogP contribution is -2.17. The van der Waals surface area contributed by atoms with Crippen molar-refractivity contribution in [2.24, 2.45) is 0 Å². The number of carboxylic acids is 1. The first-order valence-corrected chi connectivity index (χ1v) is 7.84. The molecule has 0 aliphatic rings. The van der Waals surface area contributed by atoms with Gasteiger partial charge in [0.15, 0.2) is 5.16 Å². The number of benzene rings is 1. The molecule has 0 fully saturated rings. The first-order valence-electron chi connectivity index (χ1n) is 6.48. The summed E-state index contributed by atoms with van der Waals surface area (Å²) in [6, 6.07) is 7.47. The third-order valence-corrected chi connectivity index (χ3v) is 4.06. The van der Waals surface area contributed by atoms with Crippen LogP contribution in [0.3, 0.4) is 0 Å². The van der Waals surface area contributed by atoms with E-state index in [4.69, 9.17) is 16.7 Å². The second-order valence-electron chi connectivity index (χ2n) is 5.67. The molecular weight excluding hydrogens is 308 g/mol. The van der Waals surface area contributed by atoms with E-state index in [2.05, 4.69) is 25.8 Å². The van der Waals surface area contributed by atoms with Crippen molar-refractivity contribution in [3.8, 4) is 5.69 Å². The molecule has 112 valence electrons. The zero-order valence-corrected chi connectivity index (χ0v) is 13.7.